The van der Waals surface area contributed by atoms with E-state index >= 15 is 0 Å². The zero-order chi connectivity index (χ0) is 16.8. The topological polar surface area (TPSA) is 79.2 Å². The van der Waals surface area contributed by atoms with Gasteiger partial charge in [0.25, 0.3) is 0 Å². The molecule has 1 aromatic heterocycles. The molecule has 0 saturated heterocycles. The number of aliphatic hydroxyl groups is 1. The molecule has 2 amide bonds. The minimum atomic E-state index is -0.260. The number of rotatable bonds is 6. The molecule has 0 saturated carbocycles. The van der Waals surface area contributed by atoms with Gasteiger partial charge in [0, 0.05) is 18.8 Å². The van der Waals surface area contributed by atoms with Crippen molar-refractivity contribution in [1.82, 2.24) is 15.1 Å². The van der Waals surface area contributed by atoms with E-state index < -0.39 is 0 Å². The number of carbonyl (C=O) groups is 1. The molecule has 0 radical (unpaired) electrons. The lowest BCUT2D eigenvalue weighted by Gasteiger charge is -2.15. The van der Waals surface area contributed by atoms with Gasteiger partial charge in [-0.3, -0.25) is 0 Å². The molecule has 23 heavy (non-hydrogen) atoms. The number of aromatic nitrogens is 2. The Labute approximate surface area is 136 Å². The summed E-state index contributed by atoms with van der Waals surface area (Å²) in [6.07, 6.45) is 0.669. The van der Waals surface area contributed by atoms with Crippen LogP contribution in [0.3, 0.4) is 0 Å². The molecule has 0 aliphatic carbocycles. The van der Waals surface area contributed by atoms with Crippen LogP contribution in [0, 0.1) is 19.8 Å². The summed E-state index contributed by atoms with van der Waals surface area (Å²) in [6, 6.07) is 9.29. The van der Waals surface area contributed by atoms with Gasteiger partial charge in [0.05, 0.1) is 17.1 Å². The lowest BCUT2D eigenvalue weighted by molar-refractivity contribution is 0.243. The van der Waals surface area contributed by atoms with E-state index in [4.69, 9.17) is 5.11 Å². The van der Waals surface area contributed by atoms with E-state index in [9.17, 15) is 4.79 Å². The van der Waals surface area contributed by atoms with Crippen LogP contribution < -0.4 is 10.6 Å². The van der Waals surface area contributed by atoms with Gasteiger partial charge in [-0.25, -0.2) is 9.48 Å². The predicted octanol–water partition coefficient (Wildman–Crippen LogP) is 2.63. The third-order valence-electron chi connectivity index (χ3n) is 3.62. The standard InChI is InChI=1S/C17H24N4O2/c1-12(8-9-22)11-18-17(23)19-15-6-4-5-7-16(15)21-14(3)10-13(2)20-21/h4-7,10,12,22H,8-9,11H2,1-3H3,(H2,18,19,23). The molecule has 1 unspecified atom stereocenters. The molecule has 0 fully saturated rings. The molecule has 124 valence electrons. The first kappa shape index (κ1) is 17.0. The Balaban J connectivity index is 2.09. The Hall–Kier alpha value is -2.34. The highest BCUT2D eigenvalue weighted by Gasteiger charge is 2.11. The Kier molecular flexibility index (Phi) is 5.76. The van der Waals surface area contributed by atoms with E-state index in [0.717, 1.165) is 17.1 Å². The molecule has 2 rings (SSSR count). The molecular weight excluding hydrogens is 292 g/mol. The maximum absolute atomic E-state index is 12.1. The number of amides is 2. The minimum absolute atomic E-state index is 0.130. The fraction of sp³-hybridized carbons (Fsp3) is 0.412. The van der Waals surface area contributed by atoms with Crippen LogP contribution in [-0.2, 0) is 0 Å². The fourth-order valence-electron chi connectivity index (χ4n) is 2.39. The number of urea groups is 1. The number of hydrogen-bond acceptors (Lipinski definition) is 3. The van der Waals surface area contributed by atoms with Crippen LogP contribution in [0.2, 0.25) is 0 Å². The monoisotopic (exact) mass is 316 g/mol. The Morgan fingerprint density at radius 3 is 2.74 bits per heavy atom. The number of carbonyl (C=O) groups excluding carboxylic acids is 1. The number of para-hydroxylation sites is 2. The summed E-state index contributed by atoms with van der Waals surface area (Å²) in [7, 11) is 0. The normalized spacial score (nSPS) is 12.0. The maximum Gasteiger partial charge on any atom is 0.319 e. The molecule has 0 spiro atoms. The van der Waals surface area contributed by atoms with Crippen LogP contribution in [-0.4, -0.2) is 34.1 Å². The second-order valence-corrected chi connectivity index (χ2v) is 5.81. The third-order valence-corrected chi connectivity index (χ3v) is 3.62. The quantitative estimate of drug-likeness (QED) is 0.766. The number of benzene rings is 1. The average molecular weight is 316 g/mol. The van der Waals surface area contributed by atoms with Gasteiger partial charge in [-0.1, -0.05) is 19.1 Å². The summed E-state index contributed by atoms with van der Waals surface area (Å²) in [5.41, 5.74) is 3.47. The van der Waals surface area contributed by atoms with Gasteiger partial charge in [-0.05, 0) is 44.4 Å². The molecule has 1 atom stereocenters. The highest BCUT2D eigenvalue weighted by molar-refractivity contribution is 5.91. The third kappa shape index (κ3) is 4.56. The maximum atomic E-state index is 12.1. The summed E-state index contributed by atoms with van der Waals surface area (Å²) in [4.78, 5) is 12.1. The lowest BCUT2D eigenvalue weighted by Crippen LogP contribution is -2.33. The van der Waals surface area contributed by atoms with Crippen molar-refractivity contribution in [2.24, 2.45) is 5.92 Å². The van der Waals surface area contributed by atoms with E-state index in [2.05, 4.69) is 15.7 Å². The predicted molar refractivity (Wildman–Crippen MR) is 90.9 cm³/mol. The van der Waals surface area contributed by atoms with E-state index in [0.29, 0.717) is 18.7 Å². The largest absolute Gasteiger partial charge is 0.396 e. The van der Waals surface area contributed by atoms with Gasteiger partial charge in [-0.2, -0.15) is 5.10 Å². The molecule has 2 aromatic rings. The molecule has 0 aliphatic heterocycles. The molecule has 6 heteroatoms. The van der Waals surface area contributed by atoms with E-state index in [1.807, 2.05) is 55.8 Å². The van der Waals surface area contributed by atoms with Crippen LogP contribution in [0.15, 0.2) is 30.3 Å². The van der Waals surface area contributed by atoms with Gasteiger partial charge < -0.3 is 15.7 Å². The highest BCUT2D eigenvalue weighted by Crippen LogP contribution is 2.21. The van der Waals surface area contributed by atoms with Crippen molar-refractivity contribution in [3.8, 4) is 5.69 Å². The molecule has 3 N–H and O–H groups in total. The molecule has 6 nitrogen and oxygen atoms in total. The van der Waals surface area contributed by atoms with E-state index in [1.165, 1.54) is 0 Å². The van der Waals surface area contributed by atoms with Crippen LogP contribution in [0.1, 0.15) is 24.7 Å². The first-order valence-electron chi connectivity index (χ1n) is 7.79. The number of anilines is 1. The Morgan fingerprint density at radius 2 is 2.09 bits per heavy atom. The molecule has 1 heterocycles. The molecule has 1 aromatic carbocycles. The van der Waals surface area contributed by atoms with E-state index in [1.54, 1.807) is 0 Å². The summed E-state index contributed by atoms with van der Waals surface area (Å²) in [6.45, 7) is 6.56. The summed E-state index contributed by atoms with van der Waals surface area (Å²) in [5.74, 6) is 0.233. The number of hydrogen-bond donors (Lipinski definition) is 3. The minimum Gasteiger partial charge on any atom is -0.396 e. The summed E-state index contributed by atoms with van der Waals surface area (Å²) >= 11 is 0. The Bertz CT molecular complexity index is 666. The average Bonchev–Trinajstić information content (AvgIpc) is 2.84. The van der Waals surface area contributed by atoms with Crippen molar-refractivity contribution in [3.63, 3.8) is 0 Å². The number of nitrogens with zero attached hydrogens (tertiary/aromatic N) is 2. The number of nitrogens with one attached hydrogen (secondary N) is 2. The van der Waals surface area contributed by atoms with Crippen molar-refractivity contribution >= 4 is 11.7 Å². The van der Waals surface area contributed by atoms with Gasteiger partial charge in [0.2, 0.25) is 0 Å². The summed E-state index contributed by atoms with van der Waals surface area (Å²) < 4.78 is 1.82. The van der Waals surface area contributed by atoms with Gasteiger partial charge in [-0.15, -0.1) is 0 Å². The van der Waals surface area contributed by atoms with Crippen molar-refractivity contribution < 1.29 is 9.90 Å². The molecule has 0 bridgehead atoms. The van der Waals surface area contributed by atoms with Gasteiger partial charge >= 0.3 is 6.03 Å². The van der Waals surface area contributed by atoms with Crippen LogP contribution in [0.4, 0.5) is 10.5 Å². The van der Waals surface area contributed by atoms with Crippen molar-refractivity contribution in [1.29, 1.82) is 0 Å². The molecular formula is C17H24N4O2. The van der Waals surface area contributed by atoms with Crippen molar-refractivity contribution in [3.05, 3.63) is 41.7 Å². The second kappa shape index (κ2) is 7.78. The zero-order valence-electron chi connectivity index (χ0n) is 13.8. The Morgan fingerprint density at radius 1 is 1.35 bits per heavy atom. The zero-order valence-corrected chi connectivity index (χ0v) is 13.8. The van der Waals surface area contributed by atoms with Gasteiger partial charge in [0.1, 0.15) is 0 Å². The van der Waals surface area contributed by atoms with Crippen molar-refractivity contribution in [2.75, 3.05) is 18.5 Å². The first-order valence-corrected chi connectivity index (χ1v) is 7.79. The van der Waals surface area contributed by atoms with Crippen LogP contribution >= 0.6 is 0 Å². The van der Waals surface area contributed by atoms with Gasteiger partial charge in [0.15, 0.2) is 0 Å². The summed E-state index contributed by atoms with van der Waals surface area (Å²) in [5, 5.41) is 19.0. The van der Waals surface area contributed by atoms with Crippen molar-refractivity contribution in [2.45, 2.75) is 27.2 Å². The second-order valence-electron chi connectivity index (χ2n) is 5.81. The highest BCUT2D eigenvalue weighted by atomic mass is 16.3. The SMILES string of the molecule is Cc1cc(C)n(-c2ccccc2NC(=O)NCC(C)CCO)n1. The first-order chi connectivity index (χ1) is 11.0. The van der Waals surface area contributed by atoms with Crippen LogP contribution in [0.25, 0.3) is 5.69 Å². The lowest BCUT2D eigenvalue weighted by atomic mass is 10.1. The fourth-order valence-corrected chi connectivity index (χ4v) is 2.39. The smallest absolute Gasteiger partial charge is 0.319 e. The van der Waals surface area contributed by atoms with E-state index in [-0.39, 0.29) is 18.6 Å². The number of aryl methyl sites for hydroxylation is 2. The number of aliphatic hydroxyl groups excluding tert-OH is 1. The molecule has 0 aliphatic rings. The van der Waals surface area contributed by atoms with Crippen LogP contribution in [0.5, 0.6) is 0 Å².